The number of pyridine rings is 1. The summed E-state index contributed by atoms with van der Waals surface area (Å²) in [6.07, 6.45) is 1.66. The van der Waals surface area contributed by atoms with Crippen LogP contribution in [0.4, 0.5) is 5.13 Å². The Morgan fingerprint density at radius 2 is 2.00 bits per heavy atom. The minimum absolute atomic E-state index is 0.0717. The first-order valence-electron chi connectivity index (χ1n) is 7.08. The predicted molar refractivity (Wildman–Crippen MR) is 96.5 cm³/mol. The Labute approximate surface area is 150 Å². The van der Waals surface area contributed by atoms with Crippen LogP contribution in [0.2, 0.25) is 0 Å². The third-order valence-electron chi connectivity index (χ3n) is 3.28. The molecule has 0 bridgehead atoms. The largest absolute Gasteiger partial charge is 0.310 e. The number of nitrogens with one attached hydrogen (secondary N) is 1. The average molecular weight is 405 g/mol. The molecule has 0 unspecified atom stereocenters. The molecular formula is C16H13BrN4O2S. The van der Waals surface area contributed by atoms with Crippen LogP contribution in [0.15, 0.2) is 51.9 Å². The lowest BCUT2D eigenvalue weighted by Crippen LogP contribution is -2.29. The van der Waals surface area contributed by atoms with Crippen molar-refractivity contribution in [1.82, 2.24) is 14.8 Å². The van der Waals surface area contributed by atoms with Crippen molar-refractivity contribution in [1.29, 1.82) is 0 Å². The first-order chi connectivity index (χ1) is 11.5. The van der Waals surface area contributed by atoms with E-state index in [1.807, 2.05) is 24.3 Å². The summed E-state index contributed by atoms with van der Waals surface area (Å²) in [6, 6.07) is 10.9. The Hall–Kier alpha value is -2.32. The van der Waals surface area contributed by atoms with Crippen molar-refractivity contribution in [3.05, 3.63) is 73.6 Å². The average Bonchev–Trinajstić information content (AvgIpc) is 2.96. The molecule has 2 aromatic heterocycles. The Morgan fingerprint density at radius 3 is 2.67 bits per heavy atom. The summed E-state index contributed by atoms with van der Waals surface area (Å²) < 4.78 is 2.47. The smallest absolute Gasteiger partial charge is 0.263 e. The van der Waals surface area contributed by atoms with E-state index in [-0.39, 0.29) is 11.1 Å². The molecule has 8 heteroatoms. The Morgan fingerprint density at radius 1 is 1.25 bits per heavy atom. The van der Waals surface area contributed by atoms with E-state index >= 15 is 0 Å². The summed E-state index contributed by atoms with van der Waals surface area (Å²) >= 11 is 4.64. The summed E-state index contributed by atoms with van der Waals surface area (Å²) in [5.41, 5.74) is 0.694. The van der Waals surface area contributed by atoms with E-state index in [1.54, 1.807) is 19.2 Å². The predicted octanol–water partition coefficient (Wildman–Crippen LogP) is 3.07. The van der Waals surface area contributed by atoms with Crippen LogP contribution in [0.1, 0.15) is 20.9 Å². The molecule has 3 rings (SSSR count). The zero-order valence-corrected chi connectivity index (χ0v) is 15.1. The molecule has 0 radical (unpaired) electrons. The summed E-state index contributed by atoms with van der Waals surface area (Å²) in [6.45, 7) is 2.19. The van der Waals surface area contributed by atoms with Gasteiger partial charge in [-0.1, -0.05) is 39.4 Å². The van der Waals surface area contributed by atoms with E-state index in [4.69, 9.17) is 0 Å². The Kier molecular flexibility index (Phi) is 4.86. The highest BCUT2D eigenvalue weighted by molar-refractivity contribution is 9.10. The van der Waals surface area contributed by atoms with E-state index in [0.717, 1.165) is 15.0 Å². The molecule has 0 aliphatic rings. The van der Waals surface area contributed by atoms with Gasteiger partial charge >= 0.3 is 0 Å². The Bertz CT molecular complexity index is 934. The van der Waals surface area contributed by atoms with Gasteiger partial charge in [0.1, 0.15) is 10.6 Å². The lowest BCUT2D eigenvalue weighted by atomic mass is 10.2. The normalized spacial score (nSPS) is 10.6. The number of anilines is 1. The summed E-state index contributed by atoms with van der Waals surface area (Å²) in [5, 5.41) is 11.4. The van der Waals surface area contributed by atoms with Gasteiger partial charge in [-0.05, 0) is 36.8 Å². The van der Waals surface area contributed by atoms with Gasteiger partial charge < -0.3 is 4.57 Å². The Balaban J connectivity index is 1.83. The number of rotatable bonds is 4. The highest BCUT2D eigenvalue weighted by Gasteiger charge is 2.14. The number of nitrogens with zero attached hydrogens (tertiary/aromatic N) is 3. The zero-order valence-electron chi connectivity index (χ0n) is 12.7. The van der Waals surface area contributed by atoms with Gasteiger partial charge in [0.2, 0.25) is 5.13 Å². The molecule has 24 heavy (non-hydrogen) atoms. The molecule has 0 saturated carbocycles. The van der Waals surface area contributed by atoms with Crippen LogP contribution in [0.5, 0.6) is 0 Å². The molecule has 0 aliphatic heterocycles. The van der Waals surface area contributed by atoms with Crippen molar-refractivity contribution < 1.29 is 4.79 Å². The number of carbonyl (C=O) groups excluding carboxylic acids is 1. The molecule has 0 aliphatic carbocycles. The van der Waals surface area contributed by atoms with E-state index in [0.29, 0.717) is 11.7 Å². The van der Waals surface area contributed by atoms with E-state index in [2.05, 4.69) is 31.4 Å². The maximum Gasteiger partial charge on any atom is 0.263 e. The van der Waals surface area contributed by atoms with Crippen LogP contribution < -0.4 is 10.9 Å². The van der Waals surface area contributed by atoms with Gasteiger partial charge in [-0.2, -0.15) is 0 Å². The van der Waals surface area contributed by atoms with E-state index < -0.39 is 5.91 Å². The highest BCUT2D eigenvalue weighted by atomic mass is 79.9. The van der Waals surface area contributed by atoms with Crippen molar-refractivity contribution in [3.63, 3.8) is 0 Å². The number of benzene rings is 1. The summed E-state index contributed by atoms with van der Waals surface area (Å²) in [5.74, 6) is -0.485. The van der Waals surface area contributed by atoms with Crippen LogP contribution in [0.3, 0.4) is 0 Å². The quantitative estimate of drug-likeness (QED) is 0.724. The van der Waals surface area contributed by atoms with Gasteiger partial charge in [-0.3, -0.25) is 14.9 Å². The summed E-state index contributed by atoms with van der Waals surface area (Å²) in [7, 11) is 0. The van der Waals surface area contributed by atoms with Crippen molar-refractivity contribution in [3.8, 4) is 0 Å². The van der Waals surface area contributed by atoms with Gasteiger partial charge in [0.15, 0.2) is 0 Å². The second-order valence-corrected chi connectivity index (χ2v) is 7.16. The fourth-order valence-corrected chi connectivity index (χ4v) is 2.98. The van der Waals surface area contributed by atoms with Crippen molar-refractivity contribution in [2.45, 2.75) is 13.5 Å². The van der Waals surface area contributed by atoms with Crippen LogP contribution in [-0.4, -0.2) is 20.7 Å². The molecule has 1 aromatic carbocycles. The van der Waals surface area contributed by atoms with Crippen LogP contribution >= 0.6 is 27.3 Å². The monoisotopic (exact) mass is 404 g/mol. The molecule has 6 nitrogen and oxygen atoms in total. The standard InChI is InChI=1S/C16H13BrN4O2S/c1-10-19-20-16(24-10)18-14(22)13-3-2-8-21(15(13)23)9-11-4-6-12(17)7-5-11/h2-8H,9H2,1H3,(H,18,20,22). The minimum Gasteiger partial charge on any atom is -0.310 e. The van der Waals surface area contributed by atoms with Crippen LogP contribution in [0.25, 0.3) is 0 Å². The number of hydrogen-bond donors (Lipinski definition) is 1. The van der Waals surface area contributed by atoms with Crippen LogP contribution in [-0.2, 0) is 6.54 Å². The van der Waals surface area contributed by atoms with Gasteiger partial charge in [-0.25, -0.2) is 0 Å². The summed E-state index contributed by atoms with van der Waals surface area (Å²) in [4.78, 5) is 24.8. The topological polar surface area (TPSA) is 76.9 Å². The van der Waals surface area contributed by atoms with Gasteiger partial charge in [0.05, 0.1) is 6.54 Å². The molecule has 2 heterocycles. The number of hydrogen-bond acceptors (Lipinski definition) is 5. The number of aryl methyl sites for hydroxylation is 1. The fourth-order valence-electron chi connectivity index (χ4n) is 2.13. The van der Waals surface area contributed by atoms with Crippen molar-refractivity contribution in [2.75, 3.05) is 5.32 Å². The maximum atomic E-state index is 12.5. The molecule has 122 valence electrons. The zero-order chi connectivity index (χ0) is 17.1. The lowest BCUT2D eigenvalue weighted by Gasteiger charge is -2.08. The molecule has 3 aromatic rings. The highest BCUT2D eigenvalue weighted by Crippen LogP contribution is 2.14. The minimum atomic E-state index is -0.485. The maximum absolute atomic E-state index is 12.5. The van der Waals surface area contributed by atoms with Crippen molar-refractivity contribution in [2.24, 2.45) is 0 Å². The first-order valence-corrected chi connectivity index (χ1v) is 8.69. The van der Waals surface area contributed by atoms with Crippen molar-refractivity contribution >= 4 is 38.3 Å². The third kappa shape index (κ3) is 3.77. The molecule has 1 amide bonds. The van der Waals surface area contributed by atoms with E-state index in [9.17, 15) is 9.59 Å². The number of carbonyl (C=O) groups is 1. The lowest BCUT2D eigenvalue weighted by molar-refractivity contribution is 0.102. The molecule has 0 atom stereocenters. The van der Waals surface area contributed by atoms with Gasteiger partial charge in [0.25, 0.3) is 11.5 Å². The van der Waals surface area contributed by atoms with Crippen LogP contribution in [0, 0.1) is 6.92 Å². The first kappa shape index (κ1) is 16.5. The number of halogens is 1. The third-order valence-corrected chi connectivity index (χ3v) is 4.56. The van der Waals surface area contributed by atoms with Gasteiger partial charge in [0, 0.05) is 10.7 Å². The van der Waals surface area contributed by atoms with E-state index in [1.165, 1.54) is 22.0 Å². The van der Waals surface area contributed by atoms with Gasteiger partial charge in [-0.15, -0.1) is 10.2 Å². The molecule has 0 saturated heterocycles. The molecule has 1 N–H and O–H groups in total. The molecule has 0 spiro atoms. The molecule has 0 fully saturated rings. The molecular weight excluding hydrogens is 392 g/mol. The fraction of sp³-hybridized carbons (Fsp3) is 0.125. The SMILES string of the molecule is Cc1nnc(NC(=O)c2cccn(Cc3ccc(Br)cc3)c2=O)s1. The second-order valence-electron chi connectivity index (χ2n) is 5.06. The number of amides is 1. The number of aromatic nitrogens is 3. The second kappa shape index (κ2) is 7.06.